The number of aromatic nitrogens is 4. The van der Waals surface area contributed by atoms with Crippen molar-refractivity contribution >= 4 is 17.3 Å². The van der Waals surface area contributed by atoms with Gasteiger partial charge in [0.25, 0.3) is 0 Å². The molecule has 0 bridgehead atoms. The summed E-state index contributed by atoms with van der Waals surface area (Å²) in [5, 5.41) is 20.9. The van der Waals surface area contributed by atoms with Gasteiger partial charge in [-0.15, -0.1) is 21.5 Å². The van der Waals surface area contributed by atoms with E-state index in [-0.39, 0.29) is 4.88 Å². The SMILES string of the molecule is Cn1nnc(-c2cc(C(=O)O)sc2-c2cccc(F)c2)n1. The Labute approximate surface area is 122 Å². The summed E-state index contributed by atoms with van der Waals surface area (Å²) in [5.41, 5.74) is 1.10. The van der Waals surface area contributed by atoms with E-state index in [1.165, 1.54) is 23.0 Å². The second-order valence-corrected chi connectivity index (χ2v) is 5.32. The molecule has 0 saturated heterocycles. The number of hydrogen-bond donors (Lipinski definition) is 1. The van der Waals surface area contributed by atoms with Gasteiger partial charge in [-0.25, -0.2) is 9.18 Å². The fraction of sp³-hybridized carbons (Fsp3) is 0.0769. The first-order valence-corrected chi connectivity index (χ1v) is 6.73. The monoisotopic (exact) mass is 304 g/mol. The second-order valence-electron chi connectivity index (χ2n) is 4.27. The van der Waals surface area contributed by atoms with Crippen LogP contribution in [0.3, 0.4) is 0 Å². The molecular formula is C13H9FN4O2S. The predicted octanol–water partition coefficient (Wildman–Crippen LogP) is 2.44. The average Bonchev–Trinajstić information content (AvgIpc) is 3.04. The Bertz CT molecular complexity index is 827. The van der Waals surface area contributed by atoms with Crippen LogP contribution in [-0.4, -0.2) is 31.3 Å². The van der Waals surface area contributed by atoms with E-state index in [1.807, 2.05) is 0 Å². The molecule has 0 spiro atoms. The molecule has 8 heteroatoms. The van der Waals surface area contributed by atoms with Gasteiger partial charge in [-0.3, -0.25) is 0 Å². The quantitative estimate of drug-likeness (QED) is 0.804. The highest BCUT2D eigenvalue weighted by Crippen LogP contribution is 2.38. The van der Waals surface area contributed by atoms with Gasteiger partial charge in [0.1, 0.15) is 10.7 Å². The first kappa shape index (κ1) is 13.4. The number of halogens is 1. The Morgan fingerprint density at radius 1 is 1.38 bits per heavy atom. The van der Waals surface area contributed by atoms with Crippen LogP contribution >= 0.6 is 11.3 Å². The summed E-state index contributed by atoms with van der Waals surface area (Å²) in [4.78, 5) is 13.2. The van der Waals surface area contributed by atoms with Gasteiger partial charge in [0.15, 0.2) is 0 Å². The highest BCUT2D eigenvalue weighted by atomic mass is 32.1. The van der Waals surface area contributed by atoms with Gasteiger partial charge in [0, 0.05) is 10.4 Å². The third kappa shape index (κ3) is 2.52. The number of thiophene rings is 1. The second kappa shape index (κ2) is 5.06. The van der Waals surface area contributed by atoms with E-state index in [1.54, 1.807) is 19.2 Å². The van der Waals surface area contributed by atoms with E-state index >= 15 is 0 Å². The molecule has 0 unspecified atom stereocenters. The number of nitrogens with zero attached hydrogens (tertiary/aromatic N) is 4. The van der Waals surface area contributed by atoms with Crippen molar-refractivity contribution in [1.29, 1.82) is 0 Å². The summed E-state index contributed by atoms with van der Waals surface area (Å²) in [6, 6.07) is 7.43. The molecular weight excluding hydrogens is 295 g/mol. The van der Waals surface area contributed by atoms with Crippen LogP contribution in [0.5, 0.6) is 0 Å². The summed E-state index contributed by atoms with van der Waals surface area (Å²) >= 11 is 1.05. The maximum atomic E-state index is 13.4. The number of benzene rings is 1. The molecule has 106 valence electrons. The van der Waals surface area contributed by atoms with Gasteiger partial charge in [0.2, 0.25) is 5.82 Å². The van der Waals surface area contributed by atoms with Crippen LogP contribution in [0.4, 0.5) is 4.39 Å². The molecule has 3 rings (SSSR count). The molecule has 0 amide bonds. The van der Waals surface area contributed by atoms with E-state index in [9.17, 15) is 9.18 Å². The molecule has 0 saturated carbocycles. The van der Waals surface area contributed by atoms with Gasteiger partial charge in [0.05, 0.1) is 7.05 Å². The number of carboxylic acids is 1. The molecule has 0 aliphatic rings. The van der Waals surface area contributed by atoms with Crippen LogP contribution in [-0.2, 0) is 7.05 Å². The van der Waals surface area contributed by atoms with Crippen molar-refractivity contribution < 1.29 is 14.3 Å². The molecule has 6 nitrogen and oxygen atoms in total. The van der Waals surface area contributed by atoms with E-state index in [0.717, 1.165) is 11.3 Å². The van der Waals surface area contributed by atoms with Crippen LogP contribution in [0, 0.1) is 5.82 Å². The maximum absolute atomic E-state index is 13.4. The summed E-state index contributed by atoms with van der Waals surface area (Å²) < 4.78 is 13.4. The minimum absolute atomic E-state index is 0.136. The van der Waals surface area contributed by atoms with Crippen LogP contribution < -0.4 is 0 Å². The summed E-state index contributed by atoms with van der Waals surface area (Å²) in [5.74, 6) is -1.14. The standard InChI is InChI=1S/C13H9FN4O2S/c1-18-16-12(15-17-18)9-6-10(13(19)20)21-11(9)7-3-2-4-8(14)5-7/h2-6H,1H3,(H,19,20). The Morgan fingerprint density at radius 2 is 2.19 bits per heavy atom. The fourth-order valence-electron chi connectivity index (χ4n) is 1.90. The van der Waals surface area contributed by atoms with Crippen LogP contribution in [0.25, 0.3) is 21.8 Å². The molecule has 3 aromatic rings. The zero-order valence-electron chi connectivity index (χ0n) is 10.8. The Morgan fingerprint density at radius 3 is 2.81 bits per heavy atom. The van der Waals surface area contributed by atoms with Crippen LogP contribution in [0.2, 0.25) is 0 Å². The van der Waals surface area contributed by atoms with Gasteiger partial charge in [-0.1, -0.05) is 12.1 Å². The van der Waals surface area contributed by atoms with Crippen molar-refractivity contribution in [2.45, 2.75) is 0 Å². The van der Waals surface area contributed by atoms with Crippen molar-refractivity contribution in [3.8, 4) is 21.8 Å². The summed E-state index contributed by atoms with van der Waals surface area (Å²) in [6.45, 7) is 0. The molecule has 2 heterocycles. The lowest BCUT2D eigenvalue weighted by Crippen LogP contribution is -1.92. The normalized spacial score (nSPS) is 10.8. The lowest BCUT2D eigenvalue weighted by molar-refractivity contribution is 0.0702. The van der Waals surface area contributed by atoms with Crippen LogP contribution in [0.1, 0.15) is 9.67 Å². The molecule has 0 fully saturated rings. The molecule has 21 heavy (non-hydrogen) atoms. The summed E-state index contributed by atoms with van der Waals surface area (Å²) in [7, 11) is 1.61. The van der Waals surface area contributed by atoms with Crippen molar-refractivity contribution in [3.63, 3.8) is 0 Å². The topological polar surface area (TPSA) is 80.9 Å². The number of aromatic carboxylic acids is 1. The van der Waals surface area contributed by atoms with Gasteiger partial charge in [-0.2, -0.15) is 4.80 Å². The van der Waals surface area contributed by atoms with Crippen molar-refractivity contribution in [1.82, 2.24) is 20.2 Å². The Balaban J connectivity index is 2.21. The number of carbonyl (C=O) groups is 1. The number of rotatable bonds is 3. The molecule has 1 N–H and O–H groups in total. The summed E-state index contributed by atoms with van der Waals surface area (Å²) in [6.07, 6.45) is 0. The largest absolute Gasteiger partial charge is 0.477 e. The average molecular weight is 304 g/mol. The zero-order valence-corrected chi connectivity index (χ0v) is 11.6. The lowest BCUT2D eigenvalue weighted by atomic mass is 10.1. The van der Waals surface area contributed by atoms with Crippen LogP contribution in [0.15, 0.2) is 30.3 Å². The molecule has 0 atom stereocenters. The van der Waals surface area contributed by atoms with Crippen molar-refractivity contribution in [2.75, 3.05) is 0 Å². The number of tetrazole rings is 1. The van der Waals surface area contributed by atoms with Crippen molar-refractivity contribution in [2.24, 2.45) is 7.05 Å². The number of carboxylic acid groups (broad SMARTS) is 1. The highest BCUT2D eigenvalue weighted by Gasteiger charge is 2.19. The fourth-order valence-corrected chi connectivity index (χ4v) is 2.89. The smallest absolute Gasteiger partial charge is 0.345 e. The number of aryl methyl sites for hydroxylation is 1. The third-order valence-electron chi connectivity index (χ3n) is 2.78. The first-order valence-electron chi connectivity index (χ1n) is 5.92. The lowest BCUT2D eigenvalue weighted by Gasteiger charge is -2.00. The van der Waals surface area contributed by atoms with E-state index < -0.39 is 11.8 Å². The van der Waals surface area contributed by atoms with Gasteiger partial charge < -0.3 is 5.11 Å². The minimum atomic E-state index is -1.05. The Kier molecular flexibility index (Phi) is 3.22. The molecule has 0 radical (unpaired) electrons. The van der Waals surface area contributed by atoms with E-state index in [4.69, 9.17) is 5.11 Å². The Hall–Kier alpha value is -2.61. The van der Waals surface area contributed by atoms with E-state index in [0.29, 0.717) is 21.8 Å². The van der Waals surface area contributed by atoms with Gasteiger partial charge in [-0.05, 0) is 29.0 Å². The van der Waals surface area contributed by atoms with E-state index in [2.05, 4.69) is 15.4 Å². The molecule has 2 aromatic heterocycles. The maximum Gasteiger partial charge on any atom is 0.345 e. The minimum Gasteiger partial charge on any atom is -0.477 e. The molecule has 0 aliphatic carbocycles. The third-order valence-corrected chi connectivity index (χ3v) is 3.95. The van der Waals surface area contributed by atoms with Crippen molar-refractivity contribution in [3.05, 3.63) is 41.0 Å². The highest BCUT2D eigenvalue weighted by molar-refractivity contribution is 7.17. The molecule has 0 aliphatic heterocycles. The number of hydrogen-bond acceptors (Lipinski definition) is 5. The zero-order chi connectivity index (χ0) is 15.0. The first-order chi connectivity index (χ1) is 10.0. The molecule has 1 aromatic carbocycles. The predicted molar refractivity (Wildman–Crippen MR) is 74.5 cm³/mol. The van der Waals surface area contributed by atoms with Gasteiger partial charge >= 0.3 is 5.97 Å².